The molecular formula is C52H74N7O8+. The van der Waals surface area contributed by atoms with E-state index in [1.54, 1.807) is 27.7 Å². The van der Waals surface area contributed by atoms with Gasteiger partial charge in [-0.1, -0.05) is 27.7 Å². The number of fused-ring (bicyclic) bond motifs is 8. The molecule has 5 atom stereocenters. The molecule has 0 aliphatic carbocycles. The van der Waals surface area contributed by atoms with Gasteiger partial charge in [0.1, 0.15) is 11.4 Å². The van der Waals surface area contributed by atoms with E-state index in [1.807, 2.05) is 67.0 Å². The predicted octanol–water partition coefficient (Wildman–Crippen LogP) is 8.78. The summed E-state index contributed by atoms with van der Waals surface area (Å²) >= 11 is 0. The molecule has 15 heteroatoms. The fourth-order valence-electron chi connectivity index (χ4n) is 9.51. The number of rotatable bonds is 18. The van der Waals surface area contributed by atoms with E-state index >= 15 is 0 Å². The van der Waals surface area contributed by atoms with Crippen molar-refractivity contribution in [1.82, 2.24) is 30.7 Å². The maximum absolute atomic E-state index is 14.5. The van der Waals surface area contributed by atoms with E-state index in [0.29, 0.717) is 94.4 Å². The Hall–Kier alpha value is -5.70. The van der Waals surface area contributed by atoms with Gasteiger partial charge < -0.3 is 24.8 Å². The summed E-state index contributed by atoms with van der Waals surface area (Å²) in [6.07, 6.45) is 3.06. The minimum absolute atomic E-state index is 0.00991. The second-order valence-corrected chi connectivity index (χ2v) is 20.4. The number of nitrogens with zero attached hydrogens (tertiary/aromatic N) is 3. The summed E-state index contributed by atoms with van der Waals surface area (Å²) in [7, 11) is 6.87. The van der Waals surface area contributed by atoms with Gasteiger partial charge in [-0.25, -0.2) is 4.59 Å². The van der Waals surface area contributed by atoms with Gasteiger partial charge in [-0.15, -0.1) is 0 Å². The molecule has 4 N–H and O–H groups in total. The lowest BCUT2D eigenvalue weighted by atomic mass is 9.85. The van der Waals surface area contributed by atoms with Gasteiger partial charge in [-0.2, -0.15) is 5.43 Å². The maximum atomic E-state index is 14.5. The standard InChI is InChI=1S/C52H73N7O8/c1-15-18-34(61)23-33(51(65)67-52(8,9)10)19-17-22-53-44(62)21-20-36-29(4)39-25-40-30(5)46(32(7)60)43(55-40)27-38-28(3)35(16-2)42(54-38)26-41-31(6)47(50(64)58-59(11,12)13)49(57-41)37(48(36)56-39)24-45(63)66-14/h25-29,33,35-36H,15-24H2,1-14H3,(H3-,53,54,55,56,57,58,60,62,64)/p+1/t28-,29+,33-,35-,36+/m1/s1. The molecule has 2 aliphatic heterocycles. The Balaban J connectivity index is 1.66. The van der Waals surface area contributed by atoms with Crippen molar-refractivity contribution < 1.29 is 42.8 Å². The topological polar surface area (TPSA) is 202 Å². The average Bonchev–Trinajstić information content (AvgIpc) is 3.91. The van der Waals surface area contributed by atoms with E-state index in [0.717, 1.165) is 23.4 Å². The molecule has 2 aliphatic rings. The molecule has 15 nitrogen and oxygen atoms in total. The zero-order chi connectivity index (χ0) is 49.7. The summed E-state index contributed by atoms with van der Waals surface area (Å²) in [5.74, 6) is -2.77. The molecule has 5 rings (SSSR count). The number of Topliss-reactive ketones (excluding diaryl/α,β-unsaturated/α-hetero) is 2. The van der Waals surface area contributed by atoms with Crippen LogP contribution < -0.4 is 10.7 Å². The Morgan fingerprint density at radius 3 is 2.06 bits per heavy atom. The first-order chi connectivity index (χ1) is 31.4. The number of methoxy groups -OCH3 is 1. The number of aryl methyl sites for hydroxylation is 2. The highest BCUT2D eigenvalue weighted by Crippen LogP contribution is 2.44. The minimum Gasteiger partial charge on any atom is -0.469 e. The molecular weight excluding hydrogens is 851 g/mol. The second kappa shape index (κ2) is 21.5. The van der Waals surface area contributed by atoms with Gasteiger partial charge >= 0.3 is 11.9 Å². The van der Waals surface area contributed by atoms with Gasteiger partial charge in [0.05, 0.1) is 62.9 Å². The van der Waals surface area contributed by atoms with Crippen LogP contribution in [0.2, 0.25) is 0 Å². The number of H-pyrrole nitrogens is 2. The number of carbonyl (C=O) groups excluding carboxylic acids is 6. The van der Waals surface area contributed by atoms with Gasteiger partial charge in [0, 0.05) is 88.7 Å². The highest BCUT2D eigenvalue weighted by atomic mass is 16.6. The fourth-order valence-corrected chi connectivity index (χ4v) is 9.51. The molecule has 5 heterocycles. The normalized spacial score (nSPS) is 17.7. The smallest absolute Gasteiger partial charge is 0.310 e. The van der Waals surface area contributed by atoms with Crippen LogP contribution in [0.3, 0.4) is 0 Å². The molecule has 3 aromatic rings. The SMILES string of the molecule is CCCC(=O)C[C@@H](CCCNC(=O)CC[C@@H]1c2nc(cc3[nH]c(cc4nc(cc5[nH]c(c2CC(=O)OC)c(C(=O)N[N+](C)(C)C)c5C)[C@H](CC)[C@H]4C)c(C(C)=O)c3C)[C@H]1C)C(=O)OC(C)(C)C. The highest BCUT2D eigenvalue weighted by molar-refractivity contribution is 6.06. The first-order valence-corrected chi connectivity index (χ1v) is 23.9. The van der Waals surface area contributed by atoms with Crippen molar-refractivity contribution in [3.63, 3.8) is 0 Å². The zero-order valence-corrected chi connectivity index (χ0v) is 42.3. The van der Waals surface area contributed by atoms with Crippen LogP contribution in [0.25, 0.3) is 22.1 Å². The first-order valence-electron chi connectivity index (χ1n) is 23.9. The molecule has 0 saturated heterocycles. The van der Waals surface area contributed by atoms with Crippen LogP contribution in [0, 0.1) is 19.8 Å². The fraction of sp³-hybridized carbons (Fsp3) is 0.577. The molecule has 67 heavy (non-hydrogen) atoms. The summed E-state index contributed by atoms with van der Waals surface area (Å²) in [6, 6.07) is 5.89. The molecule has 0 fully saturated rings. The Kier molecular flexibility index (Phi) is 16.8. The number of quaternary nitrogens is 1. The van der Waals surface area contributed by atoms with Crippen molar-refractivity contribution in [1.29, 1.82) is 0 Å². The summed E-state index contributed by atoms with van der Waals surface area (Å²) in [5, 5.41) is 3.02. The molecule has 0 aromatic carbocycles. The van der Waals surface area contributed by atoms with Crippen molar-refractivity contribution in [2.24, 2.45) is 5.92 Å². The predicted molar refractivity (Wildman–Crippen MR) is 260 cm³/mol. The number of esters is 2. The lowest BCUT2D eigenvalue weighted by Crippen LogP contribution is -2.51. The Bertz CT molecular complexity index is 2560. The first kappa shape index (κ1) is 52.3. The third kappa shape index (κ3) is 12.6. The lowest BCUT2D eigenvalue weighted by molar-refractivity contribution is -0.905. The summed E-state index contributed by atoms with van der Waals surface area (Å²) in [5.41, 5.74) is 10.5. The molecule has 364 valence electrons. The maximum Gasteiger partial charge on any atom is 0.310 e. The molecule has 3 aromatic heterocycles. The van der Waals surface area contributed by atoms with E-state index in [9.17, 15) is 28.8 Å². The minimum atomic E-state index is -0.696. The van der Waals surface area contributed by atoms with Crippen LogP contribution in [0.15, 0.2) is 18.2 Å². The number of nitrogens with one attached hydrogen (secondary N) is 4. The number of hydrogen-bond acceptors (Lipinski definition) is 10. The van der Waals surface area contributed by atoms with Gasteiger partial charge in [-0.3, -0.25) is 38.7 Å². The Morgan fingerprint density at radius 2 is 1.45 bits per heavy atom. The number of aromatic amines is 2. The van der Waals surface area contributed by atoms with Crippen molar-refractivity contribution >= 4 is 57.4 Å². The highest BCUT2D eigenvalue weighted by Gasteiger charge is 2.35. The van der Waals surface area contributed by atoms with Crippen molar-refractivity contribution in [3.05, 3.63) is 68.8 Å². The van der Waals surface area contributed by atoms with Crippen LogP contribution in [0.4, 0.5) is 0 Å². The van der Waals surface area contributed by atoms with E-state index in [1.165, 1.54) is 7.11 Å². The van der Waals surface area contributed by atoms with E-state index < -0.39 is 29.4 Å². The molecule has 0 radical (unpaired) electrons. The van der Waals surface area contributed by atoms with Crippen LogP contribution in [0.5, 0.6) is 0 Å². The number of ether oxygens (including phenoxy) is 2. The zero-order valence-electron chi connectivity index (χ0n) is 42.3. The number of carbonyl (C=O) groups is 6. The number of hydrogen-bond donors (Lipinski definition) is 4. The molecule has 0 spiro atoms. The molecule has 0 unspecified atom stereocenters. The van der Waals surface area contributed by atoms with Crippen molar-refractivity contribution in [3.8, 4) is 0 Å². The number of ketones is 2. The lowest BCUT2D eigenvalue weighted by Gasteiger charge is -2.24. The molecule has 8 bridgehead atoms. The Morgan fingerprint density at radius 1 is 0.836 bits per heavy atom. The Labute approximate surface area is 395 Å². The van der Waals surface area contributed by atoms with Gasteiger partial charge in [0.25, 0.3) is 5.91 Å². The molecule has 0 saturated carbocycles. The quantitative estimate of drug-likeness (QED) is 0.0314. The van der Waals surface area contributed by atoms with Crippen LogP contribution in [0.1, 0.15) is 191 Å². The average molecular weight is 925 g/mol. The van der Waals surface area contributed by atoms with Gasteiger partial charge in [0.2, 0.25) is 5.91 Å². The second-order valence-electron chi connectivity index (χ2n) is 20.4. The molecule has 2 amide bonds. The monoisotopic (exact) mass is 925 g/mol. The van der Waals surface area contributed by atoms with E-state index in [4.69, 9.17) is 19.4 Å². The third-order valence-electron chi connectivity index (χ3n) is 13.0. The number of amides is 2. The van der Waals surface area contributed by atoms with Crippen LogP contribution >= 0.6 is 0 Å². The van der Waals surface area contributed by atoms with Crippen LogP contribution in [-0.4, -0.2) is 100 Å². The van der Waals surface area contributed by atoms with Crippen LogP contribution in [-0.2, 0) is 35.1 Å². The summed E-state index contributed by atoms with van der Waals surface area (Å²) in [6.45, 7) is 19.2. The third-order valence-corrected chi connectivity index (χ3v) is 13.0. The van der Waals surface area contributed by atoms with Crippen molar-refractivity contribution in [2.45, 2.75) is 156 Å². The van der Waals surface area contributed by atoms with E-state index in [2.05, 4.69) is 34.6 Å². The van der Waals surface area contributed by atoms with Crippen molar-refractivity contribution in [2.75, 3.05) is 34.8 Å². The largest absolute Gasteiger partial charge is 0.469 e. The van der Waals surface area contributed by atoms with Gasteiger partial charge in [-0.05, 0) is 103 Å². The summed E-state index contributed by atoms with van der Waals surface area (Å²) in [4.78, 5) is 98.2. The number of aromatic nitrogens is 4. The van der Waals surface area contributed by atoms with E-state index in [-0.39, 0.29) is 65.0 Å². The summed E-state index contributed by atoms with van der Waals surface area (Å²) < 4.78 is 11.1. The van der Waals surface area contributed by atoms with Gasteiger partial charge in [0.15, 0.2) is 5.78 Å².